The fourth-order valence-electron chi connectivity index (χ4n) is 5.16. The van der Waals surface area contributed by atoms with Gasteiger partial charge in [-0.1, -0.05) is 12.8 Å². The second kappa shape index (κ2) is 7.76. The van der Waals surface area contributed by atoms with Crippen molar-refractivity contribution in [2.24, 2.45) is 11.8 Å². The number of hydrogen-bond donors (Lipinski definition) is 1. The maximum atomic E-state index is 13.6. The van der Waals surface area contributed by atoms with Crippen LogP contribution in [0, 0.1) is 18.8 Å². The lowest BCUT2D eigenvalue weighted by atomic mass is 9.85. The van der Waals surface area contributed by atoms with E-state index in [1.165, 1.54) is 30.4 Å². The van der Waals surface area contributed by atoms with Gasteiger partial charge in [-0.25, -0.2) is 13.5 Å². The van der Waals surface area contributed by atoms with Crippen molar-refractivity contribution >= 4 is 11.7 Å². The Morgan fingerprint density at radius 2 is 2.07 bits per heavy atom. The fourth-order valence-corrected chi connectivity index (χ4v) is 5.16. The summed E-state index contributed by atoms with van der Waals surface area (Å²) >= 11 is 0. The molecule has 5 nitrogen and oxygen atoms in total. The molecule has 3 aliphatic rings. The number of nitrogens with one attached hydrogen (secondary N) is 1. The van der Waals surface area contributed by atoms with Crippen molar-refractivity contribution in [3.05, 3.63) is 11.8 Å². The van der Waals surface area contributed by atoms with E-state index >= 15 is 0 Å². The average Bonchev–Trinajstić information content (AvgIpc) is 3.29. The van der Waals surface area contributed by atoms with E-state index in [2.05, 4.69) is 10.4 Å². The molecule has 0 bridgehead atoms. The van der Waals surface area contributed by atoms with Gasteiger partial charge in [-0.2, -0.15) is 5.10 Å². The van der Waals surface area contributed by atoms with E-state index in [0.717, 1.165) is 25.1 Å². The number of anilines is 1. The number of aromatic nitrogens is 2. The van der Waals surface area contributed by atoms with Gasteiger partial charge in [0.1, 0.15) is 11.9 Å². The maximum absolute atomic E-state index is 13.6. The molecule has 0 radical (unpaired) electrons. The normalized spacial score (nSPS) is 29.0. The minimum absolute atomic E-state index is 0.0327. The minimum atomic E-state index is -2.43. The Bertz CT molecular complexity index is 671. The summed E-state index contributed by atoms with van der Waals surface area (Å²) in [5.41, 5.74) is 0.751. The highest BCUT2D eigenvalue weighted by atomic mass is 19.3. The van der Waals surface area contributed by atoms with Gasteiger partial charge in [-0.05, 0) is 50.9 Å². The second-order valence-corrected chi connectivity index (χ2v) is 8.60. The summed E-state index contributed by atoms with van der Waals surface area (Å²) in [4.78, 5) is 14.7. The van der Waals surface area contributed by atoms with Crippen LogP contribution < -0.4 is 5.32 Å². The summed E-state index contributed by atoms with van der Waals surface area (Å²) in [5.74, 6) is 1.71. The van der Waals surface area contributed by atoms with E-state index in [1.807, 2.05) is 17.9 Å². The third-order valence-electron chi connectivity index (χ3n) is 6.61. The highest BCUT2D eigenvalue weighted by Crippen LogP contribution is 2.37. The molecule has 1 amide bonds. The number of aryl methyl sites for hydroxylation is 1. The molecule has 2 fully saturated rings. The zero-order chi connectivity index (χ0) is 19.0. The second-order valence-electron chi connectivity index (χ2n) is 8.60. The van der Waals surface area contributed by atoms with Gasteiger partial charge in [-0.3, -0.25) is 4.79 Å². The molecule has 1 aromatic rings. The van der Waals surface area contributed by atoms with Gasteiger partial charge < -0.3 is 10.2 Å². The summed E-state index contributed by atoms with van der Waals surface area (Å²) in [7, 11) is 0. The summed E-state index contributed by atoms with van der Waals surface area (Å²) < 4.78 is 28.7. The molecule has 150 valence electrons. The van der Waals surface area contributed by atoms with Crippen molar-refractivity contribution in [3.8, 4) is 0 Å². The topological polar surface area (TPSA) is 50.2 Å². The standard InChI is InChI=1S/C20H30F2N4O/c1-13-9-18-23-16(11-17(20(21)22)26(18)24-13)15-7-4-8-25(12-15)19(27)10-14-5-2-3-6-14/h9,14-17,20,23H,2-8,10-12H2,1H3/t15?,16-,17+/m0/s1. The number of carbonyl (C=O) groups is 1. The third-order valence-corrected chi connectivity index (χ3v) is 6.61. The number of carbonyl (C=O) groups excluding carboxylic acids is 1. The Morgan fingerprint density at radius 3 is 2.81 bits per heavy atom. The molecular weight excluding hydrogens is 350 g/mol. The Balaban J connectivity index is 1.42. The first-order valence-electron chi connectivity index (χ1n) is 10.4. The molecule has 3 atom stereocenters. The van der Waals surface area contributed by atoms with Crippen molar-refractivity contribution in [3.63, 3.8) is 0 Å². The fraction of sp³-hybridized carbons (Fsp3) is 0.800. The number of rotatable bonds is 4. The number of piperidine rings is 1. The zero-order valence-electron chi connectivity index (χ0n) is 16.0. The molecule has 1 saturated heterocycles. The lowest BCUT2D eigenvalue weighted by molar-refractivity contribution is -0.134. The Labute approximate surface area is 159 Å². The van der Waals surface area contributed by atoms with Crippen LogP contribution in [0.4, 0.5) is 14.6 Å². The lowest BCUT2D eigenvalue weighted by Gasteiger charge is -2.41. The van der Waals surface area contributed by atoms with Crippen molar-refractivity contribution in [2.75, 3.05) is 18.4 Å². The monoisotopic (exact) mass is 380 g/mol. The molecule has 1 unspecified atom stereocenters. The SMILES string of the molecule is Cc1cc2n(n1)[C@@H](C(F)F)C[C@@H](C1CCCN(C(=O)CC3CCCC3)C1)N2. The number of halogens is 2. The largest absolute Gasteiger partial charge is 0.367 e. The quantitative estimate of drug-likeness (QED) is 0.859. The lowest BCUT2D eigenvalue weighted by Crippen LogP contribution is -2.48. The smallest absolute Gasteiger partial charge is 0.260 e. The number of hydrogen-bond acceptors (Lipinski definition) is 3. The van der Waals surface area contributed by atoms with Crippen LogP contribution in [-0.2, 0) is 4.79 Å². The van der Waals surface area contributed by atoms with Gasteiger partial charge in [0.2, 0.25) is 5.91 Å². The van der Waals surface area contributed by atoms with Gasteiger partial charge in [0.25, 0.3) is 6.43 Å². The third kappa shape index (κ3) is 3.97. The highest BCUT2D eigenvalue weighted by Gasteiger charge is 2.38. The minimum Gasteiger partial charge on any atom is -0.367 e. The summed E-state index contributed by atoms with van der Waals surface area (Å²) in [6, 6.07) is 0.923. The Morgan fingerprint density at radius 1 is 1.30 bits per heavy atom. The van der Waals surface area contributed by atoms with Gasteiger partial charge in [0, 0.05) is 31.6 Å². The van der Waals surface area contributed by atoms with Crippen molar-refractivity contribution in [1.82, 2.24) is 14.7 Å². The number of amides is 1. The predicted molar refractivity (Wildman–Crippen MR) is 99.9 cm³/mol. The first kappa shape index (κ1) is 18.7. The van der Waals surface area contributed by atoms with E-state index in [-0.39, 0.29) is 17.9 Å². The van der Waals surface area contributed by atoms with E-state index < -0.39 is 12.5 Å². The van der Waals surface area contributed by atoms with E-state index in [9.17, 15) is 13.6 Å². The van der Waals surface area contributed by atoms with Crippen LogP contribution in [0.15, 0.2) is 6.07 Å². The summed E-state index contributed by atoms with van der Waals surface area (Å²) in [5, 5.41) is 7.68. The maximum Gasteiger partial charge on any atom is 0.260 e. The summed E-state index contributed by atoms with van der Waals surface area (Å²) in [6.07, 6.45) is 5.36. The molecule has 0 spiro atoms. The molecule has 2 aliphatic heterocycles. The number of likely N-dealkylation sites (tertiary alicyclic amines) is 1. The predicted octanol–water partition coefficient (Wildman–Crippen LogP) is 4.00. The molecule has 27 heavy (non-hydrogen) atoms. The van der Waals surface area contributed by atoms with E-state index in [0.29, 0.717) is 31.1 Å². The Kier molecular flexibility index (Phi) is 5.37. The van der Waals surface area contributed by atoms with Crippen molar-refractivity contribution in [2.45, 2.75) is 76.8 Å². The van der Waals surface area contributed by atoms with Crippen LogP contribution in [-0.4, -0.2) is 46.1 Å². The van der Waals surface area contributed by atoms with Crippen LogP contribution in [0.1, 0.15) is 63.1 Å². The molecule has 1 N–H and O–H groups in total. The van der Waals surface area contributed by atoms with Crippen LogP contribution in [0.5, 0.6) is 0 Å². The van der Waals surface area contributed by atoms with Gasteiger partial charge in [0.05, 0.1) is 5.69 Å². The van der Waals surface area contributed by atoms with E-state index in [1.54, 1.807) is 0 Å². The average molecular weight is 380 g/mol. The summed E-state index contributed by atoms with van der Waals surface area (Å²) in [6.45, 7) is 3.32. The van der Waals surface area contributed by atoms with Crippen LogP contribution >= 0.6 is 0 Å². The van der Waals surface area contributed by atoms with Crippen molar-refractivity contribution in [1.29, 1.82) is 0 Å². The molecular formula is C20H30F2N4O. The number of fused-ring (bicyclic) bond motifs is 1. The number of alkyl halides is 2. The van der Waals surface area contributed by atoms with Gasteiger partial charge in [0.15, 0.2) is 0 Å². The Hall–Kier alpha value is -1.66. The van der Waals surface area contributed by atoms with Crippen LogP contribution in [0.25, 0.3) is 0 Å². The number of nitrogens with zero attached hydrogens (tertiary/aromatic N) is 3. The highest BCUT2D eigenvalue weighted by molar-refractivity contribution is 5.76. The van der Waals surface area contributed by atoms with Crippen molar-refractivity contribution < 1.29 is 13.6 Å². The molecule has 1 aromatic heterocycles. The van der Waals surface area contributed by atoms with Gasteiger partial charge >= 0.3 is 0 Å². The van der Waals surface area contributed by atoms with Crippen LogP contribution in [0.3, 0.4) is 0 Å². The van der Waals surface area contributed by atoms with Crippen LogP contribution in [0.2, 0.25) is 0 Å². The van der Waals surface area contributed by atoms with E-state index in [4.69, 9.17) is 0 Å². The molecule has 1 aliphatic carbocycles. The molecule has 1 saturated carbocycles. The molecule has 3 heterocycles. The molecule has 7 heteroatoms. The first-order chi connectivity index (χ1) is 13.0. The van der Waals surface area contributed by atoms with Gasteiger partial charge in [-0.15, -0.1) is 0 Å². The first-order valence-corrected chi connectivity index (χ1v) is 10.4. The zero-order valence-corrected chi connectivity index (χ0v) is 16.0. The molecule has 0 aromatic carbocycles. The molecule has 4 rings (SSSR count).